The van der Waals surface area contributed by atoms with E-state index in [1.165, 1.54) is 0 Å². The zero-order valence-electron chi connectivity index (χ0n) is 15.5. The lowest BCUT2D eigenvalue weighted by atomic mass is 10.2. The third kappa shape index (κ3) is 5.14. The number of nitrogens with one attached hydrogen (secondary N) is 2. The summed E-state index contributed by atoms with van der Waals surface area (Å²) < 4.78 is 0. The van der Waals surface area contributed by atoms with E-state index >= 15 is 0 Å². The minimum Gasteiger partial charge on any atom is -0.329 e. The van der Waals surface area contributed by atoms with Gasteiger partial charge in [-0.3, -0.25) is 9.69 Å². The predicted molar refractivity (Wildman–Crippen MR) is 115 cm³/mol. The number of anilines is 3. The molecule has 3 rings (SSSR count). The molecule has 28 heavy (non-hydrogen) atoms. The number of hydrogen-bond acceptors (Lipinski definition) is 3. The normalized spacial score (nSPS) is 10.2. The van der Waals surface area contributed by atoms with Crippen molar-refractivity contribution in [2.24, 2.45) is 0 Å². The Morgan fingerprint density at radius 3 is 2.04 bits per heavy atom. The lowest BCUT2D eigenvalue weighted by molar-refractivity contribution is -0.116. The Hall–Kier alpha value is -3.25. The monoisotopic (exact) mass is 391 g/mol. The summed E-state index contributed by atoms with van der Waals surface area (Å²) >= 11 is 1.59. The standard InChI is InChI=1S/C22H21N3O2S/c1-28-20-14-8-9-17(15-20)24-22(27)23-16-21(26)25(18-10-4-2-5-11-18)19-12-6-3-7-13-19/h2-15H,16H2,1H3,(H2,23,24,27). The van der Waals surface area contributed by atoms with Crippen LogP contribution in [0.25, 0.3) is 0 Å². The summed E-state index contributed by atoms with van der Waals surface area (Å²) in [7, 11) is 0. The lowest BCUT2D eigenvalue weighted by Gasteiger charge is -2.23. The van der Waals surface area contributed by atoms with Gasteiger partial charge >= 0.3 is 6.03 Å². The van der Waals surface area contributed by atoms with Gasteiger partial charge in [-0.25, -0.2) is 4.79 Å². The van der Waals surface area contributed by atoms with Crippen LogP contribution in [0.2, 0.25) is 0 Å². The van der Waals surface area contributed by atoms with E-state index in [-0.39, 0.29) is 12.5 Å². The molecule has 0 heterocycles. The fourth-order valence-corrected chi connectivity index (χ4v) is 3.16. The Kier molecular flexibility index (Phi) is 6.70. The Balaban J connectivity index is 1.67. The molecule has 0 aromatic heterocycles. The van der Waals surface area contributed by atoms with Crippen molar-refractivity contribution in [3.8, 4) is 0 Å². The van der Waals surface area contributed by atoms with E-state index in [0.29, 0.717) is 5.69 Å². The van der Waals surface area contributed by atoms with Gasteiger partial charge < -0.3 is 10.6 Å². The first-order valence-corrected chi connectivity index (χ1v) is 10.0. The van der Waals surface area contributed by atoms with Crippen LogP contribution in [0, 0.1) is 0 Å². The van der Waals surface area contributed by atoms with Crippen molar-refractivity contribution in [1.29, 1.82) is 0 Å². The molecule has 0 spiro atoms. The molecule has 0 aliphatic carbocycles. The van der Waals surface area contributed by atoms with E-state index in [1.807, 2.05) is 85.1 Å². The Morgan fingerprint density at radius 1 is 0.857 bits per heavy atom. The van der Waals surface area contributed by atoms with Crippen molar-refractivity contribution in [3.05, 3.63) is 84.9 Å². The van der Waals surface area contributed by atoms with Gasteiger partial charge in [0.15, 0.2) is 0 Å². The van der Waals surface area contributed by atoms with Gasteiger partial charge in [0, 0.05) is 22.0 Å². The fourth-order valence-electron chi connectivity index (χ4n) is 2.70. The molecule has 3 aromatic carbocycles. The molecule has 0 atom stereocenters. The second-order valence-corrected chi connectivity index (χ2v) is 6.82. The van der Waals surface area contributed by atoms with Crippen LogP contribution in [0.15, 0.2) is 89.8 Å². The van der Waals surface area contributed by atoms with Crippen molar-refractivity contribution in [1.82, 2.24) is 5.32 Å². The number of amides is 3. The molecule has 5 nitrogen and oxygen atoms in total. The van der Waals surface area contributed by atoms with Crippen LogP contribution < -0.4 is 15.5 Å². The van der Waals surface area contributed by atoms with Gasteiger partial charge in [-0.05, 0) is 48.7 Å². The minimum atomic E-state index is -0.423. The lowest BCUT2D eigenvalue weighted by Crippen LogP contribution is -2.39. The van der Waals surface area contributed by atoms with Crippen LogP contribution in [0.1, 0.15) is 0 Å². The van der Waals surface area contributed by atoms with E-state index < -0.39 is 6.03 Å². The summed E-state index contributed by atoms with van der Waals surface area (Å²) in [4.78, 5) is 27.7. The molecule has 6 heteroatoms. The zero-order chi connectivity index (χ0) is 19.8. The smallest absolute Gasteiger partial charge is 0.319 e. The summed E-state index contributed by atoms with van der Waals surface area (Å²) in [6.45, 7) is -0.127. The molecule has 0 aliphatic heterocycles. The quantitative estimate of drug-likeness (QED) is 0.588. The van der Waals surface area contributed by atoms with Crippen LogP contribution >= 0.6 is 11.8 Å². The average molecular weight is 391 g/mol. The molecular weight excluding hydrogens is 370 g/mol. The minimum absolute atomic E-state index is 0.127. The van der Waals surface area contributed by atoms with E-state index in [0.717, 1.165) is 16.3 Å². The van der Waals surface area contributed by atoms with Gasteiger partial charge in [0.25, 0.3) is 5.91 Å². The molecule has 0 fully saturated rings. The topological polar surface area (TPSA) is 61.4 Å². The first-order valence-electron chi connectivity index (χ1n) is 8.79. The van der Waals surface area contributed by atoms with E-state index in [2.05, 4.69) is 10.6 Å². The third-order valence-electron chi connectivity index (χ3n) is 4.01. The van der Waals surface area contributed by atoms with E-state index in [4.69, 9.17) is 0 Å². The molecule has 0 bridgehead atoms. The van der Waals surface area contributed by atoms with Crippen LogP contribution in [0.3, 0.4) is 0 Å². The Morgan fingerprint density at radius 2 is 1.46 bits per heavy atom. The maximum absolute atomic E-state index is 12.9. The zero-order valence-corrected chi connectivity index (χ0v) is 16.3. The highest BCUT2D eigenvalue weighted by Gasteiger charge is 2.18. The fraction of sp³-hybridized carbons (Fsp3) is 0.0909. The highest BCUT2D eigenvalue weighted by molar-refractivity contribution is 7.98. The van der Waals surface area contributed by atoms with Crippen LogP contribution in [-0.2, 0) is 4.79 Å². The van der Waals surface area contributed by atoms with Crippen molar-refractivity contribution in [2.75, 3.05) is 23.0 Å². The number of para-hydroxylation sites is 2. The second kappa shape index (κ2) is 9.62. The Bertz CT molecular complexity index is 893. The van der Waals surface area contributed by atoms with Crippen molar-refractivity contribution < 1.29 is 9.59 Å². The van der Waals surface area contributed by atoms with E-state index in [9.17, 15) is 9.59 Å². The number of hydrogen-bond donors (Lipinski definition) is 2. The first kappa shape index (κ1) is 19.5. The van der Waals surface area contributed by atoms with E-state index in [1.54, 1.807) is 22.7 Å². The van der Waals surface area contributed by atoms with Gasteiger partial charge in [-0.2, -0.15) is 0 Å². The number of benzene rings is 3. The number of urea groups is 1. The maximum atomic E-state index is 12.9. The van der Waals surface area contributed by atoms with Gasteiger partial charge in [-0.15, -0.1) is 11.8 Å². The third-order valence-corrected chi connectivity index (χ3v) is 4.73. The van der Waals surface area contributed by atoms with Crippen molar-refractivity contribution >= 4 is 40.8 Å². The molecule has 0 saturated carbocycles. The van der Waals surface area contributed by atoms with Crippen LogP contribution in [-0.4, -0.2) is 24.7 Å². The van der Waals surface area contributed by atoms with Gasteiger partial charge in [-0.1, -0.05) is 42.5 Å². The maximum Gasteiger partial charge on any atom is 0.319 e. The highest BCUT2D eigenvalue weighted by atomic mass is 32.2. The number of carbonyl (C=O) groups excluding carboxylic acids is 2. The predicted octanol–water partition coefficient (Wildman–Crippen LogP) is 4.89. The largest absolute Gasteiger partial charge is 0.329 e. The summed E-state index contributed by atoms with van der Waals surface area (Å²) in [5.74, 6) is -0.231. The highest BCUT2D eigenvalue weighted by Crippen LogP contribution is 2.25. The number of thioether (sulfide) groups is 1. The molecule has 0 saturated heterocycles. The van der Waals surface area contributed by atoms with Gasteiger partial charge in [0.05, 0.1) is 6.54 Å². The molecule has 3 amide bonds. The Labute approximate surface area is 168 Å². The molecule has 2 N–H and O–H groups in total. The molecule has 0 radical (unpaired) electrons. The van der Waals surface area contributed by atoms with Gasteiger partial charge in [0.2, 0.25) is 0 Å². The summed E-state index contributed by atoms with van der Waals surface area (Å²) in [6, 6.07) is 25.8. The number of nitrogens with zero attached hydrogens (tertiary/aromatic N) is 1. The summed E-state index contributed by atoms with van der Waals surface area (Å²) in [5, 5.41) is 5.40. The van der Waals surface area contributed by atoms with Crippen LogP contribution in [0.5, 0.6) is 0 Å². The second-order valence-electron chi connectivity index (χ2n) is 5.94. The summed E-state index contributed by atoms with van der Waals surface area (Å²) in [6.07, 6.45) is 1.97. The molecular formula is C22H21N3O2S. The molecule has 3 aromatic rings. The number of carbonyl (C=O) groups is 2. The van der Waals surface area contributed by atoms with Gasteiger partial charge in [0.1, 0.15) is 0 Å². The SMILES string of the molecule is CSc1cccc(NC(=O)NCC(=O)N(c2ccccc2)c2ccccc2)c1. The van der Waals surface area contributed by atoms with Crippen molar-refractivity contribution in [2.45, 2.75) is 4.90 Å². The average Bonchev–Trinajstić information content (AvgIpc) is 2.74. The first-order chi connectivity index (χ1) is 13.7. The van der Waals surface area contributed by atoms with Crippen LogP contribution in [0.4, 0.5) is 21.9 Å². The molecule has 0 unspecified atom stereocenters. The molecule has 0 aliphatic rings. The molecule has 142 valence electrons. The van der Waals surface area contributed by atoms with Crippen molar-refractivity contribution in [3.63, 3.8) is 0 Å². The summed E-state index contributed by atoms with van der Waals surface area (Å²) in [5.41, 5.74) is 2.17. The number of rotatable bonds is 6.